The van der Waals surface area contributed by atoms with E-state index in [1.54, 1.807) is 42.6 Å². The van der Waals surface area contributed by atoms with Crippen molar-refractivity contribution in [3.63, 3.8) is 0 Å². The molecule has 0 aliphatic heterocycles. The van der Waals surface area contributed by atoms with E-state index in [4.69, 9.17) is 10.00 Å². The second-order valence-electron chi connectivity index (χ2n) is 5.77. The van der Waals surface area contributed by atoms with Crippen LogP contribution >= 0.6 is 0 Å². The number of carbonyl (C=O) groups excluding carboxylic acids is 1. The summed E-state index contributed by atoms with van der Waals surface area (Å²) in [5.41, 5.74) is 2.33. The number of ether oxygens (including phenoxy) is 1. The molecular formula is C23H17N3O2. The fraction of sp³-hybridized carbons (Fsp3) is 0.0435. The van der Waals surface area contributed by atoms with Crippen LogP contribution in [0.2, 0.25) is 0 Å². The molecule has 0 unspecified atom stereocenters. The first-order valence-corrected chi connectivity index (χ1v) is 8.64. The van der Waals surface area contributed by atoms with Crippen molar-refractivity contribution in [1.29, 1.82) is 5.26 Å². The van der Waals surface area contributed by atoms with E-state index in [1.807, 2.05) is 54.6 Å². The zero-order valence-corrected chi connectivity index (χ0v) is 15.0. The van der Waals surface area contributed by atoms with Gasteiger partial charge in [-0.15, -0.1) is 5.10 Å². The van der Waals surface area contributed by atoms with Crippen LogP contribution in [0.1, 0.15) is 21.5 Å². The van der Waals surface area contributed by atoms with E-state index >= 15 is 0 Å². The summed E-state index contributed by atoms with van der Waals surface area (Å²) in [6.07, 6.45) is 1.56. The molecule has 0 heterocycles. The summed E-state index contributed by atoms with van der Waals surface area (Å²) in [6, 6.07) is 27.3. The Bertz CT molecular complexity index is 1020. The van der Waals surface area contributed by atoms with Gasteiger partial charge in [0.2, 0.25) is 5.78 Å². The van der Waals surface area contributed by atoms with E-state index in [9.17, 15) is 4.79 Å². The summed E-state index contributed by atoms with van der Waals surface area (Å²) in [4.78, 5) is 12.9. The number of Topliss-reactive ketones (excluding diaryl/α,β-unsaturated/α-hetero) is 1. The summed E-state index contributed by atoms with van der Waals surface area (Å²) in [5, 5.41) is 16.8. The van der Waals surface area contributed by atoms with Crippen molar-refractivity contribution in [3.8, 4) is 11.8 Å². The molecule has 28 heavy (non-hydrogen) atoms. The molecule has 5 heteroatoms. The Kier molecular flexibility index (Phi) is 6.43. The molecule has 3 rings (SSSR count). The summed E-state index contributed by atoms with van der Waals surface area (Å²) in [5.74, 6) is 0.413. The van der Waals surface area contributed by atoms with E-state index in [0.29, 0.717) is 16.9 Å². The predicted molar refractivity (Wildman–Crippen MR) is 109 cm³/mol. The van der Waals surface area contributed by atoms with Gasteiger partial charge < -0.3 is 4.74 Å². The molecule has 0 saturated carbocycles. The number of nitriles is 1. The molecule has 0 fully saturated rings. The number of carbonyl (C=O) groups is 1. The highest BCUT2D eigenvalue weighted by atomic mass is 16.5. The lowest BCUT2D eigenvalue weighted by Crippen LogP contribution is -2.15. The molecule has 0 spiro atoms. The molecule has 0 radical (unpaired) electrons. The second-order valence-corrected chi connectivity index (χ2v) is 5.77. The Balaban J connectivity index is 1.84. The third-order valence-corrected chi connectivity index (χ3v) is 3.85. The van der Waals surface area contributed by atoms with Crippen LogP contribution in [-0.2, 0) is 0 Å². The van der Waals surface area contributed by atoms with Crippen LogP contribution in [0, 0.1) is 11.3 Å². The lowest BCUT2D eigenvalue weighted by Gasteiger charge is -2.04. The fourth-order valence-electron chi connectivity index (χ4n) is 2.48. The average molecular weight is 367 g/mol. The Morgan fingerprint density at radius 1 is 0.893 bits per heavy atom. The largest absolute Gasteiger partial charge is 0.479 e. The molecule has 3 aromatic rings. The first kappa shape index (κ1) is 18.7. The van der Waals surface area contributed by atoms with Crippen LogP contribution < -0.4 is 4.74 Å². The van der Waals surface area contributed by atoms with Gasteiger partial charge in [-0.05, 0) is 29.8 Å². The summed E-state index contributed by atoms with van der Waals surface area (Å²) >= 11 is 0. The van der Waals surface area contributed by atoms with Crippen molar-refractivity contribution in [2.24, 2.45) is 10.2 Å². The number of hydrogen-bond donors (Lipinski definition) is 0. The monoisotopic (exact) mass is 367 g/mol. The van der Waals surface area contributed by atoms with Crippen molar-refractivity contribution in [1.82, 2.24) is 0 Å². The van der Waals surface area contributed by atoms with Crippen LogP contribution in [0.4, 0.5) is 0 Å². The van der Waals surface area contributed by atoms with Gasteiger partial charge in [0.05, 0.1) is 6.21 Å². The van der Waals surface area contributed by atoms with Gasteiger partial charge >= 0.3 is 0 Å². The summed E-state index contributed by atoms with van der Waals surface area (Å²) < 4.78 is 5.21. The van der Waals surface area contributed by atoms with Crippen LogP contribution in [0.3, 0.4) is 0 Å². The maximum absolute atomic E-state index is 12.9. The Morgan fingerprint density at radius 3 is 2.11 bits per heavy atom. The van der Waals surface area contributed by atoms with E-state index < -0.39 is 0 Å². The van der Waals surface area contributed by atoms with Gasteiger partial charge in [-0.2, -0.15) is 10.4 Å². The molecule has 0 aliphatic carbocycles. The van der Waals surface area contributed by atoms with Gasteiger partial charge in [0.15, 0.2) is 6.61 Å². The van der Waals surface area contributed by atoms with E-state index in [0.717, 1.165) is 5.56 Å². The number of rotatable bonds is 7. The number of hydrogen-bond acceptors (Lipinski definition) is 5. The SMILES string of the molecule is N#CCOc1ccc(/C=N\N=C(/C(=O)c2ccccc2)c2ccccc2)cc1. The molecule has 136 valence electrons. The van der Waals surface area contributed by atoms with Gasteiger partial charge in [0, 0.05) is 11.1 Å². The second kappa shape index (κ2) is 9.60. The van der Waals surface area contributed by atoms with Gasteiger partial charge in [0.1, 0.15) is 17.5 Å². The average Bonchev–Trinajstić information content (AvgIpc) is 2.77. The highest BCUT2D eigenvalue weighted by Crippen LogP contribution is 2.12. The van der Waals surface area contributed by atoms with Gasteiger partial charge in [0.25, 0.3) is 0 Å². The zero-order valence-electron chi connectivity index (χ0n) is 15.0. The molecule has 0 aliphatic rings. The maximum Gasteiger partial charge on any atom is 0.213 e. The molecule has 0 bridgehead atoms. The molecular weight excluding hydrogens is 350 g/mol. The van der Waals surface area contributed by atoms with Gasteiger partial charge in [-0.1, -0.05) is 60.7 Å². The van der Waals surface area contributed by atoms with E-state index in [2.05, 4.69) is 10.2 Å². The normalized spacial score (nSPS) is 11.2. The standard InChI is InChI=1S/C23H17N3O2/c24-15-16-28-21-13-11-18(12-14-21)17-25-26-22(19-7-3-1-4-8-19)23(27)20-9-5-2-6-10-20/h1-14,17H,16H2/b25-17-,26-22-. The smallest absolute Gasteiger partial charge is 0.213 e. The van der Waals surface area contributed by atoms with Crippen molar-refractivity contribution >= 4 is 17.7 Å². The zero-order chi connectivity index (χ0) is 19.6. The molecule has 3 aromatic carbocycles. The fourth-order valence-corrected chi connectivity index (χ4v) is 2.48. The minimum atomic E-state index is -0.191. The molecule has 5 nitrogen and oxygen atoms in total. The lowest BCUT2D eigenvalue weighted by molar-refractivity contribution is 0.106. The lowest BCUT2D eigenvalue weighted by atomic mass is 10.0. The summed E-state index contributed by atoms with van der Waals surface area (Å²) in [6.45, 7) is -0.000236. The van der Waals surface area contributed by atoms with E-state index in [1.165, 1.54) is 0 Å². The van der Waals surface area contributed by atoms with Gasteiger partial charge in [-0.25, -0.2) is 0 Å². The third kappa shape index (κ3) is 4.99. The van der Waals surface area contributed by atoms with Crippen LogP contribution in [0.25, 0.3) is 0 Å². The predicted octanol–water partition coefficient (Wildman–Crippen LogP) is 4.30. The molecule has 0 aromatic heterocycles. The Labute approximate surface area is 163 Å². The number of benzene rings is 3. The van der Waals surface area contributed by atoms with Crippen molar-refractivity contribution in [2.75, 3.05) is 6.61 Å². The summed E-state index contributed by atoms with van der Waals surface area (Å²) in [7, 11) is 0. The van der Waals surface area contributed by atoms with Gasteiger partial charge in [-0.3, -0.25) is 4.79 Å². The highest BCUT2D eigenvalue weighted by molar-refractivity contribution is 6.51. The molecule has 0 amide bonds. The topological polar surface area (TPSA) is 74.8 Å². The minimum absolute atomic E-state index is 0.000236. The number of nitrogens with zero attached hydrogens (tertiary/aromatic N) is 3. The van der Waals surface area contributed by atoms with Crippen molar-refractivity contribution in [3.05, 3.63) is 102 Å². The Morgan fingerprint density at radius 2 is 1.50 bits per heavy atom. The van der Waals surface area contributed by atoms with Crippen LogP contribution in [0.5, 0.6) is 5.75 Å². The van der Waals surface area contributed by atoms with Crippen molar-refractivity contribution in [2.45, 2.75) is 0 Å². The highest BCUT2D eigenvalue weighted by Gasteiger charge is 2.15. The maximum atomic E-state index is 12.9. The first-order chi connectivity index (χ1) is 13.8. The molecule has 0 atom stereocenters. The minimum Gasteiger partial charge on any atom is -0.479 e. The first-order valence-electron chi connectivity index (χ1n) is 8.64. The molecule has 0 N–H and O–H groups in total. The van der Waals surface area contributed by atoms with Crippen LogP contribution in [0.15, 0.2) is 95.1 Å². The quantitative estimate of drug-likeness (QED) is 0.355. The van der Waals surface area contributed by atoms with Crippen LogP contribution in [-0.4, -0.2) is 24.3 Å². The number of ketones is 1. The molecule has 0 saturated heterocycles. The third-order valence-electron chi connectivity index (χ3n) is 3.85. The van der Waals surface area contributed by atoms with E-state index in [-0.39, 0.29) is 18.1 Å². The van der Waals surface area contributed by atoms with Crippen molar-refractivity contribution < 1.29 is 9.53 Å². The Hall–Kier alpha value is -4.04.